The Kier molecular flexibility index (Phi) is 5.33. The van der Waals surface area contributed by atoms with Crippen LogP contribution in [0.5, 0.6) is 5.75 Å². The monoisotopic (exact) mass is 455 g/mol. The minimum Gasteiger partial charge on any atom is -0.487 e. The fourth-order valence-electron chi connectivity index (χ4n) is 4.37. The summed E-state index contributed by atoms with van der Waals surface area (Å²) in [6.45, 7) is 0.537. The normalized spacial score (nSPS) is 12.6. The molecule has 0 radical (unpaired) electrons. The molecule has 1 aliphatic rings. The number of non-ortho nitro benzene ring substituents is 1. The summed E-state index contributed by atoms with van der Waals surface area (Å²) in [5, 5.41) is 11.8. The second kappa shape index (κ2) is 8.47. The number of amides is 1. The minimum absolute atomic E-state index is 0.0556. The van der Waals surface area contributed by atoms with Gasteiger partial charge in [0.1, 0.15) is 17.9 Å². The number of anilines is 1. The number of nitro benzene ring substituents is 1. The van der Waals surface area contributed by atoms with Crippen molar-refractivity contribution in [2.24, 2.45) is 7.05 Å². The van der Waals surface area contributed by atoms with Crippen molar-refractivity contribution in [3.63, 3.8) is 0 Å². The molecule has 1 aromatic heterocycles. The van der Waals surface area contributed by atoms with Crippen LogP contribution in [0, 0.1) is 10.1 Å². The molecular weight excluding hydrogens is 434 g/mol. The first-order valence-corrected chi connectivity index (χ1v) is 10.8. The first-order chi connectivity index (χ1) is 16.5. The molecule has 8 nitrogen and oxygen atoms in total. The lowest BCUT2D eigenvalue weighted by molar-refractivity contribution is -0.384. The van der Waals surface area contributed by atoms with Crippen molar-refractivity contribution >= 4 is 28.2 Å². The van der Waals surface area contributed by atoms with Gasteiger partial charge in [-0.3, -0.25) is 19.7 Å². The maximum atomic E-state index is 13.8. The molecule has 4 aromatic rings. The predicted octanol–water partition coefficient (Wildman–Crippen LogP) is 4.23. The summed E-state index contributed by atoms with van der Waals surface area (Å²) in [5.41, 5.74) is 2.25. The number of benzene rings is 3. The molecule has 0 fully saturated rings. The zero-order valence-electron chi connectivity index (χ0n) is 18.4. The Balaban J connectivity index is 1.71. The third-order valence-corrected chi connectivity index (χ3v) is 6.11. The van der Waals surface area contributed by atoms with Gasteiger partial charge in [0.05, 0.1) is 10.4 Å². The highest BCUT2D eigenvalue weighted by Gasteiger charge is 2.31. The van der Waals surface area contributed by atoms with Crippen LogP contribution in [0.4, 0.5) is 11.4 Å². The van der Waals surface area contributed by atoms with E-state index in [-0.39, 0.29) is 23.6 Å². The van der Waals surface area contributed by atoms with Crippen molar-refractivity contribution in [1.82, 2.24) is 4.57 Å². The lowest BCUT2D eigenvalue weighted by atomic mass is 10.1. The van der Waals surface area contributed by atoms with E-state index < -0.39 is 16.4 Å². The molecule has 34 heavy (non-hydrogen) atoms. The largest absolute Gasteiger partial charge is 0.487 e. The Bertz CT molecular complexity index is 1490. The van der Waals surface area contributed by atoms with Gasteiger partial charge in [-0.1, -0.05) is 48.5 Å². The molecule has 0 atom stereocenters. The van der Waals surface area contributed by atoms with Crippen LogP contribution in [0.25, 0.3) is 10.9 Å². The second-order valence-electron chi connectivity index (χ2n) is 8.14. The number of nitrogens with zero attached hydrogens (tertiary/aromatic N) is 3. The quantitative estimate of drug-likeness (QED) is 0.332. The van der Waals surface area contributed by atoms with E-state index in [9.17, 15) is 19.7 Å². The van der Waals surface area contributed by atoms with E-state index in [4.69, 9.17) is 4.74 Å². The van der Waals surface area contributed by atoms with Crippen LogP contribution in [0.1, 0.15) is 21.5 Å². The maximum absolute atomic E-state index is 13.8. The van der Waals surface area contributed by atoms with Crippen molar-refractivity contribution < 1.29 is 14.5 Å². The van der Waals surface area contributed by atoms with Gasteiger partial charge in [-0.2, -0.15) is 0 Å². The highest BCUT2D eigenvalue weighted by atomic mass is 16.6. The molecule has 0 saturated carbocycles. The van der Waals surface area contributed by atoms with Gasteiger partial charge in [0.2, 0.25) is 0 Å². The summed E-state index contributed by atoms with van der Waals surface area (Å²) in [6, 6.07) is 21.1. The summed E-state index contributed by atoms with van der Waals surface area (Å²) >= 11 is 0. The van der Waals surface area contributed by atoms with Crippen LogP contribution in [-0.2, 0) is 20.1 Å². The van der Waals surface area contributed by atoms with Crippen LogP contribution < -0.4 is 15.2 Å². The summed E-state index contributed by atoms with van der Waals surface area (Å²) < 4.78 is 7.43. The first kappa shape index (κ1) is 21.4. The molecule has 0 saturated heterocycles. The lowest BCUT2D eigenvalue weighted by Gasteiger charge is -2.21. The molecule has 0 N–H and O–H groups in total. The molecule has 0 bridgehead atoms. The van der Waals surface area contributed by atoms with Crippen LogP contribution in [0.15, 0.2) is 77.6 Å². The van der Waals surface area contributed by atoms with Gasteiger partial charge < -0.3 is 14.2 Å². The maximum Gasteiger partial charge on any atom is 0.270 e. The van der Waals surface area contributed by atoms with Gasteiger partial charge >= 0.3 is 0 Å². The van der Waals surface area contributed by atoms with Crippen LogP contribution in [0.3, 0.4) is 0 Å². The Hall–Kier alpha value is -4.46. The van der Waals surface area contributed by atoms with Crippen molar-refractivity contribution in [2.75, 3.05) is 11.4 Å². The molecule has 5 rings (SSSR count). The fraction of sp³-hybridized carbons (Fsp3) is 0.154. The van der Waals surface area contributed by atoms with Gasteiger partial charge in [0, 0.05) is 36.8 Å². The first-order valence-electron chi connectivity index (χ1n) is 10.8. The average Bonchev–Trinajstić information content (AvgIpc) is 3.29. The third kappa shape index (κ3) is 3.59. The number of carbonyl (C=O) groups excluding carboxylic acids is 1. The Labute approximate surface area is 194 Å². The zero-order chi connectivity index (χ0) is 23.8. The lowest BCUT2D eigenvalue weighted by Crippen LogP contribution is -2.36. The van der Waals surface area contributed by atoms with Crippen molar-refractivity contribution in [3.8, 4) is 5.75 Å². The van der Waals surface area contributed by atoms with Gasteiger partial charge in [-0.25, -0.2) is 0 Å². The number of aryl methyl sites for hydroxylation is 1. The molecule has 2 heterocycles. The average molecular weight is 455 g/mol. The van der Waals surface area contributed by atoms with Gasteiger partial charge in [-0.05, 0) is 29.7 Å². The van der Waals surface area contributed by atoms with E-state index in [1.54, 1.807) is 11.9 Å². The molecule has 1 amide bonds. The fourth-order valence-corrected chi connectivity index (χ4v) is 4.37. The Morgan fingerprint density at radius 3 is 2.56 bits per heavy atom. The topological polar surface area (TPSA) is 94.7 Å². The molecule has 8 heteroatoms. The highest BCUT2D eigenvalue weighted by Crippen LogP contribution is 2.34. The molecule has 0 spiro atoms. The summed E-state index contributed by atoms with van der Waals surface area (Å²) in [7, 11) is 1.55. The number of carbonyl (C=O) groups is 1. The minimum atomic E-state index is -0.515. The second-order valence-corrected chi connectivity index (χ2v) is 8.14. The number of fused-ring (bicyclic) bond motifs is 2. The highest BCUT2D eigenvalue weighted by molar-refractivity contribution is 6.11. The van der Waals surface area contributed by atoms with E-state index in [0.29, 0.717) is 23.9 Å². The number of rotatable bonds is 5. The summed E-state index contributed by atoms with van der Waals surface area (Å²) in [6.07, 6.45) is 0.682. The van der Waals surface area contributed by atoms with Crippen molar-refractivity contribution in [3.05, 3.63) is 110 Å². The Morgan fingerprint density at radius 1 is 1.06 bits per heavy atom. The predicted molar refractivity (Wildman–Crippen MR) is 128 cm³/mol. The Morgan fingerprint density at radius 2 is 1.79 bits per heavy atom. The van der Waals surface area contributed by atoms with Gasteiger partial charge in [0.15, 0.2) is 0 Å². The van der Waals surface area contributed by atoms with Crippen molar-refractivity contribution in [2.45, 2.75) is 13.0 Å². The zero-order valence-corrected chi connectivity index (χ0v) is 18.4. The van der Waals surface area contributed by atoms with Crippen LogP contribution >= 0.6 is 0 Å². The molecule has 3 aromatic carbocycles. The van der Waals surface area contributed by atoms with E-state index in [1.165, 1.54) is 22.8 Å². The van der Waals surface area contributed by atoms with E-state index in [1.807, 2.05) is 54.6 Å². The number of pyridine rings is 1. The molecule has 0 unspecified atom stereocenters. The standard InChI is InChI=1S/C26H21N3O5/c1-27-22-12-11-19(29(32)33)15-20(22)24(34-16-17-7-3-2-4-8-17)23(25(27)30)26(31)28-14-13-18-9-5-6-10-21(18)28/h2-12,15H,13-14,16H2,1H3. The third-order valence-electron chi connectivity index (χ3n) is 6.11. The van der Waals surface area contributed by atoms with E-state index in [0.717, 1.165) is 16.8 Å². The number of hydrogen-bond donors (Lipinski definition) is 0. The number of para-hydroxylation sites is 1. The molecular formula is C26H21N3O5. The number of ether oxygens (including phenoxy) is 1. The number of hydrogen-bond acceptors (Lipinski definition) is 5. The van der Waals surface area contributed by atoms with Crippen LogP contribution in [0.2, 0.25) is 0 Å². The summed E-state index contributed by atoms with van der Waals surface area (Å²) in [5.74, 6) is -0.429. The van der Waals surface area contributed by atoms with E-state index >= 15 is 0 Å². The van der Waals surface area contributed by atoms with E-state index in [2.05, 4.69) is 0 Å². The van der Waals surface area contributed by atoms with Crippen molar-refractivity contribution in [1.29, 1.82) is 0 Å². The van der Waals surface area contributed by atoms with Gasteiger partial charge in [0.25, 0.3) is 17.2 Å². The molecule has 0 aliphatic carbocycles. The molecule has 1 aliphatic heterocycles. The number of aromatic nitrogens is 1. The summed E-state index contributed by atoms with van der Waals surface area (Å²) in [4.78, 5) is 39.8. The van der Waals surface area contributed by atoms with Crippen LogP contribution in [-0.4, -0.2) is 21.9 Å². The number of nitro groups is 1. The van der Waals surface area contributed by atoms with Gasteiger partial charge in [-0.15, -0.1) is 0 Å². The molecule has 170 valence electrons. The SMILES string of the molecule is Cn1c(=O)c(C(=O)N2CCc3ccccc32)c(OCc2ccccc2)c2cc([N+](=O)[O-])ccc21. The smallest absolute Gasteiger partial charge is 0.270 e.